The lowest BCUT2D eigenvalue weighted by Crippen LogP contribution is -2.32. The van der Waals surface area contributed by atoms with Crippen LogP contribution in [0, 0.1) is 0 Å². The van der Waals surface area contributed by atoms with Crippen LogP contribution >= 0.6 is 18.6 Å². The van der Waals surface area contributed by atoms with Crippen LogP contribution in [0.25, 0.3) is 16.3 Å². The monoisotopic (exact) mass is 501 g/mol. The largest absolute Gasteiger partial charge is 0.240 e. The van der Waals surface area contributed by atoms with E-state index in [1.165, 1.54) is 26.4 Å². The van der Waals surface area contributed by atoms with Gasteiger partial charge in [0.2, 0.25) is 0 Å². The van der Waals surface area contributed by atoms with Gasteiger partial charge in [0.25, 0.3) is 0 Å². The standard InChI is InChI=1S/C32H26N2PS/c1-5-14-27(15-6-1)34-24-26(32(33-34)31-22-13-23-36-31)25-35(28-16-7-2-8-17-28,29-18-9-3-10-19-29)30-20-11-4-12-21-30/h1-24H,25H2/q+1. The molecule has 0 atom stereocenters. The van der Waals surface area contributed by atoms with E-state index < -0.39 is 7.26 Å². The Morgan fingerprint density at radius 2 is 1.08 bits per heavy atom. The number of benzene rings is 4. The second kappa shape index (κ2) is 10.1. The first-order chi connectivity index (χ1) is 17.8. The molecule has 0 amide bonds. The van der Waals surface area contributed by atoms with Crippen molar-refractivity contribution in [1.82, 2.24) is 9.78 Å². The number of para-hydroxylation sites is 1. The van der Waals surface area contributed by atoms with E-state index in [-0.39, 0.29) is 0 Å². The Balaban J connectivity index is 1.61. The molecule has 0 fully saturated rings. The van der Waals surface area contributed by atoms with Gasteiger partial charge in [-0.25, -0.2) is 4.68 Å². The number of thiophene rings is 1. The predicted molar refractivity (Wildman–Crippen MR) is 156 cm³/mol. The molecule has 0 unspecified atom stereocenters. The van der Waals surface area contributed by atoms with Crippen molar-refractivity contribution in [2.24, 2.45) is 0 Å². The van der Waals surface area contributed by atoms with E-state index in [1.54, 1.807) is 11.3 Å². The molecular weight excluding hydrogens is 475 g/mol. The van der Waals surface area contributed by atoms with Crippen LogP contribution in [-0.4, -0.2) is 9.78 Å². The lowest BCUT2D eigenvalue weighted by Gasteiger charge is -2.27. The van der Waals surface area contributed by atoms with E-state index in [2.05, 4.69) is 139 Å². The maximum absolute atomic E-state index is 5.13. The molecule has 0 radical (unpaired) electrons. The van der Waals surface area contributed by atoms with Gasteiger partial charge in [-0.05, 0) is 60.0 Å². The second-order valence-electron chi connectivity index (χ2n) is 8.73. The van der Waals surface area contributed by atoms with Crippen LogP contribution in [0.4, 0.5) is 0 Å². The SMILES string of the molecule is c1ccc(-n2cc(C[P+](c3ccccc3)(c3ccccc3)c3ccccc3)c(-c3cccs3)n2)cc1. The highest BCUT2D eigenvalue weighted by Crippen LogP contribution is 2.59. The molecule has 174 valence electrons. The summed E-state index contributed by atoms with van der Waals surface area (Å²) in [6.07, 6.45) is 3.14. The van der Waals surface area contributed by atoms with Crippen molar-refractivity contribution in [3.8, 4) is 16.3 Å². The molecule has 6 aromatic rings. The minimum atomic E-state index is -2.03. The van der Waals surface area contributed by atoms with Crippen LogP contribution in [-0.2, 0) is 6.16 Å². The lowest BCUT2D eigenvalue weighted by atomic mass is 10.2. The fraction of sp³-hybridized carbons (Fsp3) is 0.0312. The zero-order valence-electron chi connectivity index (χ0n) is 19.8. The average Bonchev–Trinajstić information content (AvgIpc) is 3.64. The van der Waals surface area contributed by atoms with E-state index in [9.17, 15) is 0 Å². The van der Waals surface area contributed by atoms with Crippen molar-refractivity contribution >= 4 is 34.5 Å². The minimum absolute atomic E-state index is 0.894. The van der Waals surface area contributed by atoms with E-state index in [1.807, 2.05) is 10.7 Å². The molecule has 0 N–H and O–H groups in total. The highest BCUT2D eigenvalue weighted by Gasteiger charge is 2.46. The lowest BCUT2D eigenvalue weighted by molar-refractivity contribution is 0.884. The van der Waals surface area contributed by atoms with Crippen LogP contribution in [0.5, 0.6) is 0 Å². The Morgan fingerprint density at radius 1 is 0.583 bits per heavy atom. The predicted octanol–water partition coefficient (Wildman–Crippen LogP) is 7.09. The van der Waals surface area contributed by atoms with Crippen molar-refractivity contribution in [2.45, 2.75) is 6.16 Å². The molecule has 0 aliphatic rings. The van der Waals surface area contributed by atoms with Crippen molar-refractivity contribution in [3.63, 3.8) is 0 Å². The molecule has 0 spiro atoms. The van der Waals surface area contributed by atoms with Crippen LogP contribution in [0.2, 0.25) is 0 Å². The van der Waals surface area contributed by atoms with Crippen LogP contribution in [0.15, 0.2) is 145 Å². The van der Waals surface area contributed by atoms with E-state index >= 15 is 0 Å². The van der Waals surface area contributed by atoms with Gasteiger partial charge in [-0.15, -0.1) is 11.3 Å². The fourth-order valence-corrected chi connectivity index (χ4v) is 9.86. The molecule has 2 heterocycles. The Labute approximate surface area is 216 Å². The molecule has 0 aliphatic carbocycles. The quantitative estimate of drug-likeness (QED) is 0.214. The van der Waals surface area contributed by atoms with Gasteiger partial charge < -0.3 is 0 Å². The molecule has 0 aliphatic heterocycles. The maximum atomic E-state index is 5.13. The number of hydrogen-bond acceptors (Lipinski definition) is 2. The Bertz CT molecular complexity index is 1430. The molecular formula is C32H26N2PS+. The van der Waals surface area contributed by atoms with E-state index in [0.717, 1.165) is 17.5 Å². The summed E-state index contributed by atoms with van der Waals surface area (Å²) in [5, 5.41) is 11.4. The van der Waals surface area contributed by atoms with Crippen LogP contribution < -0.4 is 15.9 Å². The van der Waals surface area contributed by atoms with Crippen molar-refractivity contribution in [2.75, 3.05) is 0 Å². The molecule has 2 aromatic heterocycles. The van der Waals surface area contributed by atoms with Gasteiger partial charge in [0.05, 0.1) is 10.6 Å². The number of hydrogen-bond donors (Lipinski definition) is 0. The Hall–Kier alpha value is -3.78. The fourth-order valence-electron chi connectivity index (χ4n) is 4.88. The summed E-state index contributed by atoms with van der Waals surface area (Å²) in [7, 11) is -2.03. The molecule has 0 bridgehead atoms. The third-order valence-corrected chi connectivity index (χ3v) is 11.8. The average molecular weight is 502 g/mol. The third kappa shape index (κ3) is 4.22. The van der Waals surface area contributed by atoms with Gasteiger partial charge in [-0.3, -0.25) is 0 Å². The normalized spacial score (nSPS) is 11.4. The molecule has 0 saturated carbocycles. The smallest absolute Gasteiger partial charge is 0.116 e. The summed E-state index contributed by atoms with van der Waals surface area (Å²) in [6, 6.07) is 47.9. The zero-order valence-corrected chi connectivity index (χ0v) is 21.5. The number of nitrogens with zero attached hydrogens (tertiary/aromatic N) is 2. The van der Waals surface area contributed by atoms with Gasteiger partial charge in [0, 0.05) is 11.8 Å². The summed E-state index contributed by atoms with van der Waals surface area (Å²) >= 11 is 1.75. The summed E-state index contributed by atoms with van der Waals surface area (Å²) < 4.78 is 2.04. The molecule has 2 nitrogen and oxygen atoms in total. The summed E-state index contributed by atoms with van der Waals surface area (Å²) in [4.78, 5) is 1.20. The molecule has 6 rings (SSSR count). The Kier molecular flexibility index (Phi) is 6.34. The second-order valence-corrected chi connectivity index (χ2v) is 13.2. The van der Waals surface area contributed by atoms with E-state index in [4.69, 9.17) is 5.10 Å². The summed E-state index contributed by atoms with van der Waals surface area (Å²) in [5.41, 5.74) is 3.41. The van der Waals surface area contributed by atoms with Gasteiger partial charge in [-0.2, -0.15) is 5.10 Å². The number of aromatic nitrogens is 2. The van der Waals surface area contributed by atoms with Gasteiger partial charge in [0.1, 0.15) is 35.0 Å². The number of rotatable bonds is 7. The van der Waals surface area contributed by atoms with E-state index in [0.29, 0.717) is 0 Å². The first kappa shape index (κ1) is 22.7. The summed E-state index contributed by atoms with van der Waals surface area (Å²) in [6.45, 7) is 0. The van der Waals surface area contributed by atoms with Gasteiger partial charge in [0.15, 0.2) is 0 Å². The van der Waals surface area contributed by atoms with Crippen LogP contribution in [0.1, 0.15) is 5.56 Å². The highest BCUT2D eigenvalue weighted by atomic mass is 32.1. The first-order valence-corrected chi connectivity index (χ1v) is 14.9. The summed E-state index contributed by atoms with van der Waals surface area (Å²) in [5.74, 6) is 0. The zero-order chi connectivity index (χ0) is 24.2. The molecule has 4 aromatic carbocycles. The van der Waals surface area contributed by atoms with Crippen molar-refractivity contribution in [3.05, 3.63) is 151 Å². The molecule has 4 heteroatoms. The minimum Gasteiger partial charge on any atom is -0.240 e. The maximum Gasteiger partial charge on any atom is 0.116 e. The first-order valence-electron chi connectivity index (χ1n) is 12.1. The van der Waals surface area contributed by atoms with Gasteiger partial charge >= 0.3 is 0 Å². The van der Waals surface area contributed by atoms with Crippen molar-refractivity contribution < 1.29 is 0 Å². The molecule has 0 saturated heterocycles. The van der Waals surface area contributed by atoms with Gasteiger partial charge in [-0.1, -0.05) is 78.9 Å². The Morgan fingerprint density at radius 3 is 1.56 bits per heavy atom. The highest BCUT2D eigenvalue weighted by molar-refractivity contribution is 7.95. The van der Waals surface area contributed by atoms with Crippen LogP contribution in [0.3, 0.4) is 0 Å². The molecule has 36 heavy (non-hydrogen) atoms. The van der Waals surface area contributed by atoms with Crippen molar-refractivity contribution in [1.29, 1.82) is 0 Å². The third-order valence-electron chi connectivity index (χ3n) is 6.56. The topological polar surface area (TPSA) is 17.8 Å².